The van der Waals surface area contributed by atoms with E-state index in [1.165, 1.54) is 0 Å². The van der Waals surface area contributed by atoms with E-state index in [4.69, 9.17) is 4.98 Å². The number of likely N-dealkylation sites (N-methyl/N-ethyl adjacent to an activating group) is 1. The van der Waals surface area contributed by atoms with Crippen molar-refractivity contribution in [2.75, 3.05) is 7.05 Å². The van der Waals surface area contributed by atoms with Gasteiger partial charge >= 0.3 is 0 Å². The van der Waals surface area contributed by atoms with Gasteiger partial charge < -0.3 is 4.90 Å². The number of carbonyl (C=O) groups is 1. The zero-order valence-corrected chi connectivity index (χ0v) is 18.4. The fourth-order valence-electron chi connectivity index (χ4n) is 3.89. The van der Waals surface area contributed by atoms with Crippen LogP contribution in [0, 0.1) is 0 Å². The summed E-state index contributed by atoms with van der Waals surface area (Å²) in [4.78, 5) is 25.3. The zero-order chi connectivity index (χ0) is 21.9. The molecule has 5 rings (SSSR count). The molecule has 0 radical (unpaired) electrons. The summed E-state index contributed by atoms with van der Waals surface area (Å²) in [5.74, 6) is 0.0270. The van der Waals surface area contributed by atoms with Gasteiger partial charge in [-0.25, -0.2) is 4.98 Å². The van der Waals surface area contributed by atoms with Gasteiger partial charge in [-0.1, -0.05) is 66.7 Å². The molecule has 5 nitrogen and oxygen atoms in total. The molecular weight excluding hydrogens is 416 g/mol. The molecule has 2 aromatic carbocycles. The third-order valence-electron chi connectivity index (χ3n) is 5.55. The number of aromatic nitrogens is 3. The number of pyridine rings is 1. The summed E-state index contributed by atoms with van der Waals surface area (Å²) < 4.78 is 2.02. The average molecular weight is 439 g/mol. The predicted molar refractivity (Wildman–Crippen MR) is 128 cm³/mol. The minimum absolute atomic E-state index is 0.0270. The van der Waals surface area contributed by atoms with E-state index in [2.05, 4.69) is 4.98 Å². The Morgan fingerprint density at radius 1 is 1.00 bits per heavy atom. The van der Waals surface area contributed by atoms with Gasteiger partial charge in [-0.3, -0.25) is 14.2 Å². The van der Waals surface area contributed by atoms with Gasteiger partial charge in [0, 0.05) is 36.1 Å². The maximum Gasteiger partial charge on any atom is 0.229 e. The van der Waals surface area contributed by atoms with E-state index in [0.717, 1.165) is 33.2 Å². The highest BCUT2D eigenvalue weighted by atomic mass is 32.1. The van der Waals surface area contributed by atoms with Gasteiger partial charge in [-0.05, 0) is 17.7 Å². The number of hydrogen-bond donors (Lipinski definition) is 0. The van der Waals surface area contributed by atoms with Crippen molar-refractivity contribution in [2.24, 2.45) is 0 Å². The van der Waals surface area contributed by atoms with Crippen LogP contribution in [0.15, 0.2) is 96.6 Å². The monoisotopic (exact) mass is 438 g/mol. The van der Waals surface area contributed by atoms with E-state index in [0.29, 0.717) is 0 Å². The summed E-state index contributed by atoms with van der Waals surface area (Å²) in [6, 6.07) is 25.7. The molecule has 0 saturated heterocycles. The van der Waals surface area contributed by atoms with Crippen molar-refractivity contribution in [3.05, 3.63) is 114 Å². The Hall–Kier alpha value is -3.77. The van der Waals surface area contributed by atoms with Crippen LogP contribution in [0.5, 0.6) is 0 Å². The zero-order valence-electron chi connectivity index (χ0n) is 17.6. The van der Waals surface area contributed by atoms with Crippen LogP contribution in [0.3, 0.4) is 0 Å². The van der Waals surface area contributed by atoms with Crippen LogP contribution in [0.4, 0.5) is 0 Å². The summed E-state index contributed by atoms with van der Waals surface area (Å²) in [7, 11) is 1.85. The molecule has 158 valence electrons. The van der Waals surface area contributed by atoms with Gasteiger partial charge in [-0.2, -0.15) is 0 Å². The maximum atomic E-state index is 13.4. The van der Waals surface area contributed by atoms with E-state index in [9.17, 15) is 4.79 Å². The van der Waals surface area contributed by atoms with Gasteiger partial charge in [-0.15, -0.1) is 11.3 Å². The highest BCUT2D eigenvalue weighted by Crippen LogP contribution is 2.28. The molecule has 0 aliphatic rings. The molecule has 6 heteroatoms. The molecule has 1 amide bonds. The molecule has 1 unspecified atom stereocenters. The smallest absolute Gasteiger partial charge is 0.229 e. The van der Waals surface area contributed by atoms with E-state index in [1.807, 2.05) is 102 Å². The molecule has 0 aliphatic carbocycles. The topological polar surface area (TPSA) is 50.5 Å². The molecule has 0 aliphatic heterocycles. The molecule has 32 heavy (non-hydrogen) atoms. The van der Waals surface area contributed by atoms with Crippen molar-refractivity contribution in [1.29, 1.82) is 0 Å². The lowest BCUT2D eigenvalue weighted by atomic mass is 10.0. The minimum atomic E-state index is -0.248. The Balaban J connectivity index is 1.43. The van der Waals surface area contributed by atoms with Crippen molar-refractivity contribution in [3.8, 4) is 11.3 Å². The first-order valence-electron chi connectivity index (χ1n) is 10.4. The number of imidazole rings is 1. The highest BCUT2D eigenvalue weighted by Gasteiger charge is 2.25. The van der Waals surface area contributed by atoms with Crippen molar-refractivity contribution >= 4 is 22.2 Å². The molecule has 0 N–H and O–H groups in total. The van der Waals surface area contributed by atoms with Gasteiger partial charge in [0.1, 0.15) is 0 Å². The van der Waals surface area contributed by atoms with E-state index in [-0.39, 0.29) is 18.4 Å². The molecule has 3 heterocycles. The standard InChI is InChI=1S/C26H22N4OS/c1-29(25(20-12-6-3-7-13-20)22-14-8-9-15-27-22)24(31)16-21-18-32-26-28-23(17-30(21)26)19-10-4-2-5-11-19/h2-15,17-18,25H,16H2,1H3. The number of rotatable bonds is 6. The normalized spacial score (nSPS) is 12.0. The van der Waals surface area contributed by atoms with Crippen molar-refractivity contribution in [1.82, 2.24) is 19.3 Å². The number of thiazole rings is 1. The van der Waals surface area contributed by atoms with Gasteiger partial charge in [0.25, 0.3) is 0 Å². The summed E-state index contributed by atoms with van der Waals surface area (Å²) >= 11 is 1.55. The van der Waals surface area contributed by atoms with Crippen LogP contribution in [-0.4, -0.2) is 32.2 Å². The summed E-state index contributed by atoms with van der Waals surface area (Å²) in [6.07, 6.45) is 4.07. The number of carbonyl (C=O) groups excluding carboxylic acids is 1. The molecule has 0 saturated carbocycles. The maximum absolute atomic E-state index is 13.4. The Kier molecular flexibility index (Phi) is 5.52. The number of fused-ring (bicyclic) bond motifs is 1. The van der Waals surface area contributed by atoms with E-state index in [1.54, 1.807) is 22.4 Å². The van der Waals surface area contributed by atoms with Gasteiger partial charge in [0.15, 0.2) is 4.96 Å². The SMILES string of the molecule is CN(C(=O)Cc1csc2nc(-c3ccccc3)cn12)C(c1ccccc1)c1ccccn1. The van der Waals surface area contributed by atoms with Crippen molar-refractivity contribution in [2.45, 2.75) is 12.5 Å². The Morgan fingerprint density at radius 3 is 2.44 bits per heavy atom. The average Bonchev–Trinajstić information content (AvgIpc) is 3.43. The summed E-state index contributed by atoms with van der Waals surface area (Å²) in [5, 5.41) is 2.02. The largest absolute Gasteiger partial charge is 0.333 e. The fourth-order valence-corrected chi connectivity index (χ4v) is 4.77. The van der Waals surface area contributed by atoms with Crippen molar-refractivity contribution < 1.29 is 4.79 Å². The quantitative estimate of drug-likeness (QED) is 0.364. The molecule has 5 aromatic rings. The van der Waals surface area contributed by atoms with Crippen LogP contribution in [0.1, 0.15) is 23.0 Å². The summed E-state index contributed by atoms with van der Waals surface area (Å²) in [5.41, 5.74) is 4.79. The van der Waals surface area contributed by atoms with Crippen LogP contribution in [0.2, 0.25) is 0 Å². The first kappa shape index (κ1) is 20.2. The number of hydrogen-bond acceptors (Lipinski definition) is 4. The van der Waals surface area contributed by atoms with E-state index >= 15 is 0 Å². The number of amides is 1. The van der Waals surface area contributed by atoms with Gasteiger partial charge in [0.2, 0.25) is 5.91 Å². The lowest BCUT2D eigenvalue weighted by molar-refractivity contribution is -0.130. The second kappa shape index (κ2) is 8.77. The molecule has 0 fully saturated rings. The number of nitrogens with zero attached hydrogens (tertiary/aromatic N) is 4. The highest BCUT2D eigenvalue weighted by molar-refractivity contribution is 7.15. The van der Waals surface area contributed by atoms with Crippen LogP contribution in [-0.2, 0) is 11.2 Å². The second-order valence-corrected chi connectivity index (χ2v) is 8.46. The molecule has 0 spiro atoms. The number of benzene rings is 2. The van der Waals surface area contributed by atoms with Crippen LogP contribution < -0.4 is 0 Å². The third kappa shape index (κ3) is 3.92. The first-order valence-corrected chi connectivity index (χ1v) is 11.3. The Labute approximate surface area is 190 Å². The lowest BCUT2D eigenvalue weighted by Gasteiger charge is -2.28. The minimum Gasteiger partial charge on any atom is -0.333 e. The fraction of sp³-hybridized carbons (Fsp3) is 0.115. The first-order chi connectivity index (χ1) is 15.7. The van der Waals surface area contributed by atoms with E-state index < -0.39 is 0 Å². The predicted octanol–water partition coefficient (Wildman–Crippen LogP) is 5.25. The van der Waals surface area contributed by atoms with Crippen LogP contribution in [0.25, 0.3) is 16.2 Å². The molecule has 0 bridgehead atoms. The Morgan fingerprint density at radius 2 is 1.72 bits per heavy atom. The molecular formula is C26H22N4OS. The van der Waals surface area contributed by atoms with Crippen molar-refractivity contribution in [3.63, 3.8) is 0 Å². The Bertz CT molecular complexity index is 1290. The molecule has 1 atom stereocenters. The lowest BCUT2D eigenvalue weighted by Crippen LogP contribution is -2.33. The van der Waals surface area contributed by atoms with Gasteiger partial charge in [0.05, 0.1) is 23.9 Å². The molecule has 3 aromatic heterocycles. The van der Waals surface area contributed by atoms with Crippen LogP contribution >= 0.6 is 11.3 Å². The summed E-state index contributed by atoms with van der Waals surface area (Å²) in [6.45, 7) is 0. The second-order valence-electron chi connectivity index (χ2n) is 7.62. The third-order valence-corrected chi connectivity index (χ3v) is 6.44.